The van der Waals surface area contributed by atoms with Crippen LogP contribution in [0.5, 0.6) is 0 Å². The van der Waals surface area contributed by atoms with Gasteiger partial charge in [0.1, 0.15) is 0 Å². The topological polar surface area (TPSA) is 38.5 Å². The van der Waals surface area contributed by atoms with E-state index in [2.05, 4.69) is 17.0 Å². The average Bonchev–Trinajstić information content (AvgIpc) is 2.28. The van der Waals surface area contributed by atoms with Gasteiger partial charge in [-0.1, -0.05) is 0 Å². The molecule has 0 atom stereocenters. The summed E-state index contributed by atoms with van der Waals surface area (Å²) in [7, 11) is 0. The van der Waals surface area contributed by atoms with Gasteiger partial charge in [-0.25, -0.2) is 0 Å². The van der Waals surface area contributed by atoms with Crippen molar-refractivity contribution in [2.45, 2.75) is 12.8 Å². The van der Waals surface area contributed by atoms with Crippen molar-refractivity contribution in [1.82, 2.24) is 0 Å². The van der Waals surface area contributed by atoms with Crippen molar-refractivity contribution in [2.24, 2.45) is 5.41 Å². The van der Waals surface area contributed by atoms with Crippen molar-refractivity contribution in [3.05, 3.63) is 24.3 Å². The lowest BCUT2D eigenvalue weighted by Gasteiger charge is -2.47. The lowest BCUT2D eigenvalue weighted by molar-refractivity contribution is -0.124. The van der Waals surface area contributed by atoms with E-state index in [1.54, 1.807) is 0 Å². The van der Waals surface area contributed by atoms with Crippen LogP contribution < -0.4 is 10.6 Å². The number of hydrogen-bond donors (Lipinski definition) is 1. The number of hydrogen-bond acceptors (Lipinski definition) is 3. The van der Waals surface area contributed by atoms with Crippen LogP contribution in [-0.2, 0) is 4.74 Å². The van der Waals surface area contributed by atoms with Crippen LogP contribution in [0.15, 0.2) is 24.3 Å². The molecule has 0 bridgehead atoms. The van der Waals surface area contributed by atoms with Gasteiger partial charge in [0.2, 0.25) is 0 Å². The third-order valence-electron chi connectivity index (χ3n) is 3.90. The highest BCUT2D eigenvalue weighted by atomic mass is 16.5. The van der Waals surface area contributed by atoms with Gasteiger partial charge in [-0.2, -0.15) is 0 Å². The van der Waals surface area contributed by atoms with E-state index >= 15 is 0 Å². The van der Waals surface area contributed by atoms with Gasteiger partial charge in [-0.05, 0) is 37.1 Å². The Bertz CT molecular complexity index is 360. The van der Waals surface area contributed by atoms with Gasteiger partial charge in [-0.3, -0.25) is 0 Å². The summed E-state index contributed by atoms with van der Waals surface area (Å²) in [4.78, 5) is 2.45. The fourth-order valence-electron chi connectivity index (χ4n) is 2.60. The summed E-state index contributed by atoms with van der Waals surface area (Å²) in [5, 5.41) is 0. The summed E-state index contributed by atoms with van der Waals surface area (Å²) in [5.74, 6) is 0. The van der Waals surface area contributed by atoms with E-state index in [-0.39, 0.29) is 0 Å². The second kappa shape index (κ2) is 3.67. The summed E-state index contributed by atoms with van der Waals surface area (Å²) < 4.78 is 5.34. The van der Waals surface area contributed by atoms with Crippen molar-refractivity contribution >= 4 is 11.4 Å². The van der Waals surface area contributed by atoms with Gasteiger partial charge in [0, 0.05) is 29.9 Å². The van der Waals surface area contributed by atoms with Crippen molar-refractivity contribution in [1.29, 1.82) is 0 Å². The molecule has 2 heterocycles. The Morgan fingerprint density at radius 1 is 1.06 bits per heavy atom. The Labute approximate surface area is 96.2 Å². The van der Waals surface area contributed by atoms with Crippen LogP contribution in [-0.4, -0.2) is 26.3 Å². The monoisotopic (exact) mass is 218 g/mol. The zero-order chi connectivity index (χ0) is 11.0. The summed E-state index contributed by atoms with van der Waals surface area (Å²) in [6.45, 7) is 4.24. The van der Waals surface area contributed by atoms with Gasteiger partial charge in [0.15, 0.2) is 0 Å². The molecule has 2 fully saturated rings. The minimum Gasteiger partial charge on any atom is -0.399 e. The molecule has 2 aliphatic heterocycles. The molecule has 3 rings (SSSR count). The lowest BCUT2D eigenvalue weighted by atomic mass is 9.77. The second-order valence-electron chi connectivity index (χ2n) is 5.07. The SMILES string of the molecule is Nc1ccc(N2CCC3(CC2)COC3)cc1. The number of rotatable bonds is 1. The van der Waals surface area contributed by atoms with Gasteiger partial charge < -0.3 is 15.4 Å². The third-order valence-corrected chi connectivity index (χ3v) is 3.90. The van der Waals surface area contributed by atoms with E-state index in [9.17, 15) is 0 Å². The zero-order valence-electron chi connectivity index (χ0n) is 9.48. The predicted molar refractivity (Wildman–Crippen MR) is 65.6 cm³/mol. The Hall–Kier alpha value is -1.22. The Kier molecular flexibility index (Phi) is 2.28. The first kappa shape index (κ1) is 9.97. The molecule has 1 aromatic rings. The maximum atomic E-state index is 5.69. The highest BCUT2D eigenvalue weighted by Crippen LogP contribution is 2.39. The zero-order valence-corrected chi connectivity index (χ0v) is 9.48. The molecule has 2 N–H and O–H groups in total. The predicted octanol–water partition coefficient (Wildman–Crippen LogP) is 1.89. The molecular formula is C13H18N2O. The molecule has 0 amide bonds. The smallest absolute Gasteiger partial charge is 0.0546 e. The number of piperidine rings is 1. The summed E-state index contributed by atoms with van der Waals surface area (Å²) in [5.41, 5.74) is 8.35. The minimum atomic E-state index is 0.518. The largest absolute Gasteiger partial charge is 0.399 e. The van der Waals surface area contributed by atoms with Crippen LogP contribution >= 0.6 is 0 Å². The van der Waals surface area contributed by atoms with E-state index in [0.717, 1.165) is 32.0 Å². The van der Waals surface area contributed by atoms with E-state index in [4.69, 9.17) is 10.5 Å². The highest BCUT2D eigenvalue weighted by molar-refractivity contribution is 5.53. The molecule has 0 aromatic heterocycles. The maximum absolute atomic E-state index is 5.69. The standard InChI is InChI=1S/C13H18N2O/c14-11-1-3-12(4-2-11)15-7-5-13(6-8-15)9-16-10-13/h1-4H,5-10,14H2. The minimum absolute atomic E-state index is 0.518. The summed E-state index contributed by atoms with van der Waals surface area (Å²) in [6, 6.07) is 8.19. The number of benzene rings is 1. The van der Waals surface area contributed by atoms with E-state index in [1.807, 2.05) is 12.1 Å². The number of anilines is 2. The van der Waals surface area contributed by atoms with E-state index in [1.165, 1.54) is 18.5 Å². The molecule has 1 spiro atoms. The van der Waals surface area contributed by atoms with Crippen LogP contribution in [0, 0.1) is 5.41 Å². The molecule has 0 unspecified atom stereocenters. The molecule has 3 heteroatoms. The molecule has 16 heavy (non-hydrogen) atoms. The van der Waals surface area contributed by atoms with Gasteiger partial charge >= 0.3 is 0 Å². The normalized spacial score (nSPS) is 23.1. The molecule has 0 radical (unpaired) electrons. The third kappa shape index (κ3) is 1.65. The summed E-state index contributed by atoms with van der Waals surface area (Å²) >= 11 is 0. The highest BCUT2D eigenvalue weighted by Gasteiger charge is 2.41. The first-order valence-corrected chi connectivity index (χ1v) is 5.96. The molecule has 2 aliphatic rings. The average molecular weight is 218 g/mol. The van der Waals surface area contributed by atoms with Gasteiger partial charge in [0.25, 0.3) is 0 Å². The molecule has 2 saturated heterocycles. The lowest BCUT2D eigenvalue weighted by Crippen LogP contribution is -2.50. The van der Waals surface area contributed by atoms with Crippen LogP contribution in [0.1, 0.15) is 12.8 Å². The van der Waals surface area contributed by atoms with Crippen LogP contribution in [0.25, 0.3) is 0 Å². The fourth-order valence-corrected chi connectivity index (χ4v) is 2.60. The van der Waals surface area contributed by atoms with E-state index < -0.39 is 0 Å². The first-order valence-electron chi connectivity index (χ1n) is 5.96. The second-order valence-corrected chi connectivity index (χ2v) is 5.07. The molecule has 86 valence electrons. The van der Waals surface area contributed by atoms with Crippen molar-refractivity contribution in [3.63, 3.8) is 0 Å². The number of nitrogens with two attached hydrogens (primary N) is 1. The Morgan fingerprint density at radius 2 is 1.69 bits per heavy atom. The Morgan fingerprint density at radius 3 is 2.19 bits per heavy atom. The van der Waals surface area contributed by atoms with Crippen LogP contribution in [0.4, 0.5) is 11.4 Å². The fraction of sp³-hybridized carbons (Fsp3) is 0.538. The number of nitrogens with zero attached hydrogens (tertiary/aromatic N) is 1. The van der Waals surface area contributed by atoms with Crippen LogP contribution in [0.2, 0.25) is 0 Å². The summed E-state index contributed by atoms with van der Waals surface area (Å²) in [6.07, 6.45) is 2.52. The van der Waals surface area contributed by atoms with Crippen molar-refractivity contribution < 1.29 is 4.74 Å². The van der Waals surface area contributed by atoms with Crippen LogP contribution in [0.3, 0.4) is 0 Å². The van der Waals surface area contributed by atoms with Crippen molar-refractivity contribution in [3.8, 4) is 0 Å². The maximum Gasteiger partial charge on any atom is 0.0546 e. The quantitative estimate of drug-likeness (QED) is 0.731. The molecular weight excluding hydrogens is 200 g/mol. The van der Waals surface area contributed by atoms with Gasteiger partial charge in [-0.15, -0.1) is 0 Å². The van der Waals surface area contributed by atoms with E-state index in [0.29, 0.717) is 5.41 Å². The molecule has 3 nitrogen and oxygen atoms in total. The number of nitrogen functional groups attached to an aromatic ring is 1. The van der Waals surface area contributed by atoms with Crippen molar-refractivity contribution in [2.75, 3.05) is 36.9 Å². The molecule has 0 saturated carbocycles. The van der Waals surface area contributed by atoms with Gasteiger partial charge in [0.05, 0.1) is 13.2 Å². The molecule has 0 aliphatic carbocycles. The Balaban J connectivity index is 1.67. The first-order chi connectivity index (χ1) is 7.77. The molecule has 1 aromatic carbocycles. The number of ether oxygens (including phenoxy) is 1.